The lowest BCUT2D eigenvalue weighted by Crippen LogP contribution is -2.67. The Labute approximate surface area is 148 Å². The highest BCUT2D eigenvalue weighted by atomic mass is 31.2. The summed E-state index contributed by atoms with van der Waals surface area (Å²) in [6, 6.07) is 17.4. The van der Waals surface area contributed by atoms with E-state index in [1.54, 1.807) is 55.1 Å². The van der Waals surface area contributed by atoms with Crippen molar-refractivity contribution in [1.29, 1.82) is 0 Å². The van der Waals surface area contributed by atoms with Crippen molar-refractivity contribution < 1.29 is 32.6 Å². The first kappa shape index (κ1) is 19.8. The molecule has 136 valence electrons. The molecule has 9 heteroatoms. The van der Waals surface area contributed by atoms with Gasteiger partial charge in [-0.25, -0.2) is 4.52 Å². The monoisotopic (exact) mass is 384 g/mol. The van der Waals surface area contributed by atoms with Crippen LogP contribution >= 0.6 is 8.60 Å². The van der Waals surface area contributed by atoms with Crippen molar-refractivity contribution in [2.45, 2.75) is 12.1 Å². The summed E-state index contributed by atoms with van der Waals surface area (Å²) >= 11 is 0. The molecular formula is C16H21O7PSi. The van der Waals surface area contributed by atoms with Gasteiger partial charge in [0.15, 0.2) is 0 Å². The second kappa shape index (κ2) is 8.73. The van der Waals surface area contributed by atoms with E-state index in [2.05, 4.69) is 0 Å². The summed E-state index contributed by atoms with van der Waals surface area (Å²) in [4.78, 5) is 19.1. The molecule has 0 radical (unpaired) electrons. The molecule has 7 nitrogen and oxygen atoms in total. The summed E-state index contributed by atoms with van der Waals surface area (Å²) < 4.78 is 28.2. The molecule has 0 aliphatic carbocycles. The highest BCUT2D eigenvalue weighted by molar-refractivity contribution is 7.39. The van der Waals surface area contributed by atoms with Crippen LogP contribution in [0.1, 0.15) is 0 Å². The van der Waals surface area contributed by atoms with E-state index in [9.17, 15) is 9.79 Å². The van der Waals surface area contributed by atoms with E-state index >= 15 is 0 Å². The molecule has 2 N–H and O–H groups in total. The Bertz CT molecular complexity index is 596. The quantitative estimate of drug-likeness (QED) is 0.390. The van der Waals surface area contributed by atoms with Crippen LogP contribution in [0, 0.1) is 0 Å². The van der Waals surface area contributed by atoms with Gasteiger partial charge in [0.2, 0.25) is 0 Å². The molecule has 0 aromatic heterocycles. The molecule has 0 aliphatic rings. The third-order valence-corrected chi connectivity index (χ3v) is 7.08. The molecule has 0 heterocycles. The van der Waals surface area contributed by atoms with Gasteiger partial charge >= 0.3 is 22.8 Å². The normalized spacial score (nSPS) is 12.2. The summed E-state index contributed by atoms with van der Waals surface area (Å²) in [6.07, 6.45) is 0. The van der Waals surface area contributed by atoms with Gasteiger partial charge in [-0.1, -0.05) is 36.4 Å². The standard InChI is InChI=1S/C16H21O7PSi/c1-19-25(3,20-2)16(23-24(17)18,21-14-10-6-4-7-11-14)22-15-12-8-5-9-13-15/h4-13,17-18H,1-3H3. The second-order valence-electron chi connectivity index (χ2n) is 5.08. The average molecular weight is 384 g/mol. The molecule has 0 amide bonds. The predicted molar refractivity (Wildman–Crippen MR) is 94.9 cm³/mol. The van der Waals surface area contributed by atoms with E-state index in [0.29, 0.717) is 11.5 Å². The second-order valence-corrected chi connectivity index (χ2v) is 9.09. The molecule has 0 atom stereocenters. The van der Waals surface area contributed by atoms with E-state index in [0.717, 1.165) is 0 Å². The van der Waals surface area contributed by atoms with Gasteiger partial charge in [0, 0.05) is 14.2 Å². The SMILES string of the molecule is CO[Si](C)(OC)C(Oc1ccccc1)(Oc1ccccc1)OP(O)O. The highest BCUT2D eigenvalue weighted by Crippen LogP contribution is 2.41. The highest BCUT2D eigenvalue weighted by Gasteiger charge is 2.63. The number of ether oxygens (including phenoxy) is 2. The van der Waals surface area contributed by atoms with Crippen LogP contribution in [0.15, 0.2) is 60.7 Å². The van der Waals surface area contributed by atoms with Crippen LogP contribution in [0.5, 0.6) is 11.5 Å². The topological polar surface area (TPSA) is 86.6 Å². The minimum atomic E-state index is -3.38. The first-order chi connectivity index (χ1) is 11.9. The van der Waals surface area contributed by atoms with Gasteiger partial charge < -0.3 is 28.1 Å². The van der Waals surface area contributed by atoms with Gasteiger partial charge in [0.25, 0.3) is 0 Å². The lowest BCUT2D eigenvalue weighted by atomic mass is 10.3. The average Bonchev–Trinajstić information content (AvgIpc) is 2.62. The zero-order chi connectivity index (χ0) is 18.3. The summed E-state index contributed by atoms with van der Waals surface area (Å²) in [6.45, 7) is 1.64. The molecule has 0 unspecified atom stereocenters. The zero-order valence-corrected chi connectivity index (χ0v) is 16.1. The Kier molecular flexibility index (Phi) is 6.92. The fraction of sp³-hybridized carbons (Fsp3) is 0.250. The Morgan fingerprint density at radius 1 is 0.800 bits per heavy atom. The number of para-hydroxylation sites is 2. The van der Waals surface area contributed by atoms with Gasteiger partial charge in [-0.3, -0.25) is 0 Å². The number of hydrogen-bond acceptors (Lipinski definition) is 7. The molecule has 0 spiro atoms. The third kappa shape index (κ3) is 4.77. The van der Waals surface area contributed by atoms with Crippen molar-refractivity contribution in [1.82, 2.24) is 0 Å². The van der Waals surface area contributed by atoms with Gasteiger partial charge in [-0.15, -0.1) is 0 Å². The number of benzene rings is 2. The summed E-state index contributed by atoms with van der Waals surface area (Å²) in [5.74, 6) is 0.784. The lowest BCUT2D eigenvalue weighted by molar-refractivity contribution is -0.218. The van der Waals surface area contributed by atoms with Crippen LogP contribution in [0.3, 0.4) is 0 Å². The van der Waals surface area contributed by atoms with Crippen molar-refractivity contribution in [3.05, 3.63) is 60.7 Å². The predicted octanol–water partition coefficient (Wildman–Crippen LogP) is 2.93. The molecule has 2 aromatic carbocycles. The Balaban J connectivity index is 2.51. The molecular weight excluding hydrogens is 363 g/mol. The molecule has 0 saturated carbocycles. The van der Waals surface area contributed by atoms with E-state index < -0.39 is 22.8 Å². The van der Waals surface area contributed by atoms with Crippen LogP contribution in [0.4, 0.5) is 0 Å². The first-order valence-corrected chi connectivity index (χ1v) is 10.9. The van der Waals surface area contributed by atoms with E-state index in [1.807, 2.05) is 12.1 Å². The van der Waals surface area contributed by atoms with Crippen molar-refractivity contribution >= 4 is 17.2 Å². The third-order valence-electron chi connectivity index (χ3n) is 3.53. The van der Waals surface area contributed by atoms with Crippen LogP contribution in [0.25, 0.3) is 0 Å². The van der Waals surface area contributed by atoms with Crippen LogP contribution in [-0.2, 0) is 13.4 Å². The maximum Gasteiger partial charge on any atom is 0.471 e. The lowest BCUT2D eigenvalue weighted by Gasteiger charge is -2.41. The fourth-order valence-corrected chi connectivity index (χ4v) is 4.53. The van der Waals surface area contributed by atoms with Gasteiger partial charge in [0.05, 0.1) is 0 Å². The summed E-state index contributed by atoms with van der Waals surface area (Å²) in [5, 5.41) is 0. The van der Waals surface area contributed by atoms with Crippen molar-refractivity contribution in [2.24, 2.45) is 0 Å². The van der Waals surface area contributed by atoms with Gasteiger partial charge in [0.1, 0.15) is 11.5 Å². The van der Waals surface area contributed by atoms with Crippen LogP contribution in [-0.4, -0.2) is 38.2 Å². The molecule has 0 bridgehead atoms. The Morgan fingerprint density at radius 3 is 1.52 bits per heavy atom. The smallest absolute Gasteiger partial charge is 0.430 e. The number of rotatable bonds is 9. The van der Waals surface area contributed by atoms with E-state index in [-0.39, 0.29) is 0 Å². The Morgan fingerprint density at radius 2 is 1.20 bits per heavy atom. The first-order valence-electron chi connectivity index (χ1n) is 7.40. The van der Waals surface area contributed by atoms with Crippen LogP contribution < -0.4 is 9.47 Å². The molecule has 0 saturated heterocycles. The van der Waals surface area contributed by atoms with Crippen molar-refractivity contribution in [3.63, 3.8) is 0 Å². The van der Waals surface area contributed by atoms with Crippen molar-refractivity contribution in [2.75, 3.05) is 14.2 Å². The van der Waals surface area contributed by atoms with Gasteiger partial charge in [-0.2, -0.15) is 0 Å². The molecule has 2 aromatic rings. The van der Waals surface area contributed by atoms with Gasteiger partial charge in [-0.05, 0) is 30.8 Å². The maximum atomic E-state index is 9.55. The maximum absolute atomic E-state index is 9.55. The van der Waals surface area contributed by atoms with E-state index in [4.69, 9.17) is 22.8 Å². The fourth-order valence-electron chi connectivity index (χ4n) is 2.05. The van der Waals surface area contributed by atoms with Crippen LogP contribution in [0.2, 0.25) is 6.55 Å². The summed E-state index contributed by atoms with van der Waals surface area (Å²) in [7, 11) is -3.36. The Hall–Kier alpha value is -1.51. The molecule has 2 rings (SSSR count). The van der Waals surface area contributed by atoms with Crippen molar-refractivity contribution in [3.8, 4) is 11.5 Å². The number of hydrogen-bond donors (Lipinski definition) is 2. The molecule has 25 heavy (non-hydrogen) atoms. The summed E-state index contributed by atoms with van der Waals surface area (Å²) in [5.41, 5.74) is -1.99. The minimum Gasteiger partial charge on any atom is -0.430 e. The minimum absolute atomic E-state index is 0.392. The largest absolute Gasteiger partial charge is 0.471 e. The van der Waals surface area contributed by atoms with E-state index in [1.165, 1.54) is 14.2 Å². The zero-order valence-electron chi connectivity index (χ0n) is 14.2. The molecule has 0 aliphatic heterocycles. The molecule has 0 fully saturated rings.